The first kappa shape index (κ1) is 19.1. The zero-order valence-corrected chi connectivity index (χ0v) is 15.0. The van der Waals surface area contributed by atoms with E-state index in [1.165, 1.54) is 0 Å². The van der Waals surface area contributed by atoms with Crippen LogP contribution in [0.2, 0.25) is 0 Å². The minimum Gasteiger partial charge on any atom is -0.478 e. The van der Waals surface area contributed by atoms with Gasteiger partial charge in [-0.05, 0) is 56.0 Å². The molecule has 0 unspecified atom stereocenters. The fourth-order valence-corrected chi connectivity index (χ4v) is 3.31. The maximum absolute atomic E-state index is 12.0. The highest BCUT2D eigenvalue weighted by Gasteiger charge is 2.14. The third-order valence-electron chi connectivity index (χ3n) is 3.86. The molecule has 5 nitrogen and oxygen atoms in total. The van der Waals surface area contributed by atoms with Gasteiger partial charge in [0.15, 0.2) is 0 Å². The van der Waals surface area contributed by atoms with E-state index in [0.717, 1.165) is 30.4 Å². The molecule has 0 amide bonds. The molecule has 2 aromatic carbocycles. The number of unbranched alkanes of at least 4 members (excludes halogenated alkanes) is 2. The van der Waals surface area contributed by atoms with Gasteiger partial charge in [0.25, 0.3) is 10.1 Å². The number of carboxylic acid groups (broad SMARTS) is 1. The van der Waals surface area contributed by atoms with Gasteiger partial charge < -0.3 is 5.11 Å². The summed E-state index contributed by atoms with van der Waals surface area (Å²) in [5, 5.41) is 8.85. The van der Waals surface area contributed by atoms with E-state index in [0.29, 0.717) is 6.42 Å². The van der Waals surface area contributed by atoms with Crippen molar-refractivity contribution in [2.75, 3.05) is 6.61 Å². The Morgan fingerprint density at radius 2 is 1.60 bits per heavy atom. The molecule has 6 heteroatoms. The number of aromatic carboxylic acids is 1. The van der Waals surface area contributed by atoms with Crippen LogP contribution in [-0.2, 0) is 20.7 Å². The average molecular weight is 362 g/mol. The summed E-state index contributed by atoms with van der Waals surface area (Å²) >= 11 is 0. The van der Waals surface area contributed by atoms with Crippen LogP contribution in [0, 0.1) is 6.92 Å². The number of carboxylic acids is 1. The maximum atomic E-state index is 12.0. The van der Waals surface area contributed by atoms with Gasteiger partial charge in [0.1, 0.15) is 0 Å². The number of benzene rings is 2. The molecule has 0 spiro atoms. The highest BCUT2D eigenvalue weighted by atomic mass is 32.2. The van der Waals surface area contributed by atoms with Crippen molar-refractivity contribution in [3.8, 4) is 0 Å². The molecule has 1 N–H and O–H groups in total. The summed E-state index contributed by atoms with van der Waals surface area (Å²) < 4.78 is 29.1. The Kier molecular flexibility index (Phi) is 6.73. The van der Waals surface area contributed by atoms with Gasteiger partial charge in [0, 0.05) is 0 Å². The van der Waals surface area contributed by atoms with Gasteiger partial charge in [0.05, 0.1) is 17.1 Å². The topological polar surface area (TPSA) is 80.7 Å². The van der Waals surface area contributed by atoms with E-state index < -0.39 is 16.1 Å². The number of aryl methyl sites for hydroxylation is 2. The van der Waals surface area contributed by atoms with Crippen LogP contribution in [0.15, 0.2) is 53.4 Å². The van der Waals surface area contributed by atoms with Gasteiger partial charge in [-0.25, -0.2) is 4.79 Å². The van der Waals surface area contributed by atoms with Crippen LogP contribution >= 0.6 is 0 Å². The minimum atomic E-state index is -3.68. The van der Waals surface area contributed by atoms with E-state index in [4.69, 9.17) is 9.29 Å². The molecule has 0 aliphatic heterocycles. The van der Waals surface area contributed by atoms with E-state index in [2.05, 4.69) is 0 Å². The maximum Gasteiger partial charge on any atom is 0.335 e. The smallest absolute Gasteiger partial charge is 0.335 e. The van der Waals surface area contributed by atoms with E-state index in [1.807, 2.05) is 19.1 Å². The lowest BCUT2D eigenvalue weighted by Crippen LogP contribution is -2.07. The zero-order valence-electron chi connectivity index (χ0n) is 14.1. The van der Waals surface area contributed by atoms with Crippen LogP contribution in [0.5, 0.6) is 0 Å². The highest BCUT2D eigenvalue weighted by molar-refractivity contribution is 7.86. The second-order valence-electron chi connectivity index (χ2n) is 5.90. The first-order valence-electron chi connectivity index (χ1n) is 8.17. The standard InChI is InChI=1S/C19H22O5S/c1-15-6-12-18(13-7-15)25(22,23)24-14-4-2-3-5-16-8-10-17(11-9-16)19(20)21/h6-13H,2-5,14H2,1H3,(H,20,21). The van der Waals surface area contributed by atoms with Crippen molar-refractivity contribution >= 4 is 16.1 Å². The van der Waals surface area contributed by atoms with Crippen LogP contribution in [0.4, 0.5) is 0 Å². The van der Waals surface area contributed by atoms with Gasteiger partial charge in [-0.2, -0.15) is 8.42 Å². The van der Waals surface area contributed by atoms with Crippen molar-refractivity contribution in [2.24, 2.45) is 0 Å². The third kappa shape index (κ3) is 5.99. The summed E-state index contributed by atoms with van der Waals surface area (Å²) in [6.45, 7) is 2.06. The second-order valence-corrected chi connectivity index (χ2v) is 7.52. The van der Waals surface area contributed by atoms with E-state index in [1.54, 1.807) is 36.4 Å². The van der Waals surface area contributed by atoms with E-state index in [9.17, 15) is 13.2 Å². The van der Waals surface area contributed by atoms with Crippen molar-refractivity contribution in [3.63, 3.8) is 0 Å². The van der Waals surface area contributed by atoms with Crippen molar-refractivity contribution in [1.82, 2.24) is 0 Å². The lowest BCUT2D eigenvalue weighted by molar-refractivity contribution is 0.0697. The van der Waals surface area contributed by atoms with Crippen molar-refractivity contribution in [2.45, 2.75) is 37.5 Å². The minimum absolute atomic E-state index is 0.161. The average Bonchev–Trinajstić information content (AvgIpc) is 2.58. The predicted octanol–water partition coefficient (Wildman–Crippen LogP) is 3.81. The van der Waals surface area contributed by atoms with Gasteiger partial charge in [-0.3, -0.25) is 4.18 Å². The summed E-state index contributed by atoms with van der Waals surface area (Å²) in [6.07, 6.45) is 3.20. The molecular formula is C19H22O5S. The molecule has 0 radical (unpaired) electrons. The Balaban J connectivity index is 1.69. The molecule has 134 valence electrons. The molecule has 2 aromatic rings. The van der Waals surface area contributed by atoms with Crippen LogP contribution in [-0.4, -0.2) is 26.1 Å². The molecule has 0 bridgehead atoms. The Hall–Kier alpha value is -2.18. The summed E-state index contributed by atoms with van der Waals surface area (Å²) in [5.41, 5.74) is 2.34. The molecule has 0 aromatic heterocycles. The van der Waals surface area contributed by atoms with Gasteiger partial charge in [0.2, 0.25) is 0 Å². The Morgan fingerprint density at radius 3 is 2.20 bits per heavy atom. The molecular weight excluding hydrogens is 340 g/mol. The Morgan fingerprint density at radius 1 is 0.960 bits per heavy atom. The van der Waals surface area contributed by atoms with Crippen LogP contribution in [0.25, 0.3) is 0 Å². The lowest BCUT2D eigenvalue weighted by atomic mass is 10.1. The fraction of sp³-hybridized carbons (Fsp3) is 0.316. The van der Waals surface area contributed by atoms with Gasteiger partial charge in [-0.15, -0.1) is 0 Å². The zero-order chi connectivity index (χ0) is 18.3. The van der Waals surface area contributed by atoms with E-state index in [-0.39, 0.29) is 17.1 Å². The Bertz CT molecular complexity index is 793. The van der Waals surface area contributed by atoms with Crippen molar-refractivity contribution in [3.05, 3.63) is 65.2 Å². The normalized spacial score (nSPS) is 11.4. The van der Waals surface area contributed by atoms with E-state index >= 15 is 0 Å². The molecule has 0 saturated heterocycles. The highest BCUT2D eigenvalue weighted by Crippen LogP contribution is 2.14. The number of rotatable bonds is 9. The van der Waals surface area contributed by atoms with Crippen molar-refractivity contribution in [1.29, 1.82) is 0 Å². The van der Waals surface area contributed by atoms with Crippen LogP contribution < -0.4 is 0 Å². The monoisotopic (exact) mass is 362 g/mol. The molecule has 0 atom stereocenters. The first-order chi connectivity index (χ1) is 11.9. The number of carbonyl (C=O) groups is 1. The summed E-state index contributed by atoms with van der Waals surface area (Å²) in [5.74, 6) is -0.932. The van der Waals surface area contributed by atoms with Crippen molar-refractivity contribution < 1.29 is 22.5 Å². The number of hydrogen-bond acceptors (Lipinski definition) is 4. The third-order valence-corrected chi connectivity index (χ3v) is 5.19. The molecule has 2 rings (SSSR count). The van der Waals surface area contributed by atoms with Crippen LogP contribution in [0.1, 0.15) is 40.7 Å². The molecule has 0 aliphatic rings. The van der Waals surface area contributed by atoms with Gasteiger partial charge in [-0.1, -0.05) is 36.2 Å². The molecule has 0 saturated carbocycles. The SMILES string of the molecule is Cc1ccc(S(=O)(=O)OCCCCCc2ccc(C(=O)O)cc2)cc1. The quantitative estimate of drug-likeness (QED) is 0.542. The van der Waals surface area contributed by atoms with Crippen LogP contribution in [0.3, 0.4) is 0 Å². The Labute approximate surface area is 148 Å². The number of hydrogen-bond donors (Lipinski definition) is 1. The lowest BCUT2D eigenvalue weighted by Gasteiger charge is -2.06. The summed E-state index contributed by atoms with van der Waals surface area (Å²) in [6, 6.07) is 13.4. The molecule has 0 fully saturated rings. The molecule has 0 heterocycles. The fourth-order valence-electron chi connectivity index (χ4n) is 2.36. The summed E-state index contributed by atoms with van der Waals surface area (Å²) in [7, 11) is -3.68. The largest absolute Gasteiger partial charge is 0.478 e. The first-order valence-corrected chi connectivity index (χ1v) is 9.58. The second kappa shape index (κ2) is 8.78. The van der Waals surface area contributed by atoms with Gasteiger partial charge >= 0.3 is 5.97 Å². The summed E-state index contributed by atoms with van der Waals surface area (Å²) in [4.78, 5) is 11.0. The molecule has 25 heavy (non-hydrogen) atoms. The predicted molar refractivity (Wildman–Crippen MR) is 95.3 cm³/mol. The molecule has 0 aliphatic carbocycles.